The van der Waals surface area contributed by atoms with Gasteiger partial charge in [-0.2, -0.15) is 0 Å². The fourth-order valence-corrected chi connectivity index (χ4v) is 4.19. The topological polar surface area (TPSA) is 82.9 Å². The van der Waals surface area contributed by atoms with Crippen molar-refractivity contribution < 1.29 is 18.8 Å². The van der Waals surface area contributed by atoms with Crippen LogP contribution in [0.25, 0.3) is 0 Å². The van der Waals surface area contributed by atoms with Crippen molar-refractivity contribution in [3.05, 3.63) is 24.2 Å². The third kappa shape index (κ3) is 4.94. The van der Waals surface area contributed by atoms with E-state index in [1.54, 1.807) is 17.0 Å². The zero-order valence-electron chi connectivity index (χ0n) is 16.7. The van der Waals surface area contributed by atoms with Crippen LogP contribution in [0.3, 0.4) is 0 Å². The molecule has 2 aliphatic heterocycles. The summed E-state index contributed by atoms with van der Waals surface area (Å²) in [6, 6.07) is 2.92. The van der Waals surface area contributed by atoms with Crippen molar-refractivity contribution in [3.63, 3.8) is 0 Å². The molecule has 0 aliphatic carbocycles. The molecule has 28 heavy (non-hydrogen) atoms. The summed E-state index contributed by atoms with van der Waals surface area (Å²) < 4.78 is 5.26. The van der Waals surface area contributed by atoms with Crippen molar-refractivity contribution in [1.82, 2.24) is 15.1 Å². The zero-order valence-corrected chi connectivity index (χ0v) is 16.7. The predicted octanol–water partition coefficient (Wildman–Crippen LogP) is 2.43. The lowest BCUT2D eigenvalue weighted by atomic mass is 9.95. The van der Waals surface area contributed by atoms with Crippen LogP contribution in [0.1, 0.15) is 62.4 Å². The minimum absolute atomic E-state index is 0.0317. The van der Waals surface area contributed by atoms with E-state index in [4.69, 9.17) is 4.42 Å². The summed E-state index contributed by atoms with van der Waals surface area (Å²) in [5.74, 6) is 0.465. The minimum atomic E-state index is -0.417. The van der Waals surface area contributed by atoms with Gasteiger partial charge in [-0.25, -0.2) is 0 Å². The molecule has 0 spiro atoms. The van der Waals surface area contributed by atoms with Gasteiger partial charge in [0.25, 0.3) is 5.91 Å². The predicted molar refractivity (Wildman–Crippen MR) is 105 cm³/mol. The summed E-state index contributed by atoms with van der Waals surface area (Å²) in [6.45, 7) is 4.55. The van der Waals surface area contributed by atoms with Crippen LogP contribution in [0.5, 0.6) is 0 Å². The van der Waals surface area contributed by atoms with Gasteiger partial charge in [-0.15, -0.1) is 0 Å². The standard InChI is InChI=1S/C21H31N3O4/c1-2-7-19(25)22-14-16-8-5-11-23(15-16)20(26)17-9-3-4-12-24(17)21(27)18-10-6-13-28-18/h6,10,13,16-17H,2-5,7-9,11-12,14-15H2,1H3,(H,22,25). The number of furan rings is 1. The molecule has 2 unspecified atom stereocenters. The minimum Gasteiger partial charge on any atom is -0.459 e. The first-order valence-corrected chi connectivity index (χ1v) is 10.5. The van der Waals surface area contributed by atoms with E-state index in [9.17, 15) is 14.4 Å². The molecule has 1 aromatic heterocycles. The fraction of sp³-hybridized carbons (Fsp3) is 0.667. The Morgan fingerprint density at radius 1 is 1.18 bits per heavy atom. The number of rotatable bonds is 6. The number of piperidine rings is 2. The van der Waals surface area contributed by atoms with E-state index in [-0.39, 0.29) is 29.4 Å². The van der Waals surface area contributed by atoms with Crippen LogP contribution in [0.2, 0.25) is 0 Å². The van der Waals surface area contributed by atoms with E-state index >= 15 is 0 Å². The number of likely N-dealkylation sites (tertiary alicyclic amines) is 2. The van der Waals surface area contributed by atoms with Crippen LogP contribution < -0.4 is 5.32 Å². The molecule has 2 atom stereocenters. The smallest absolute Gasteiger partial charge is 0.290 e. The maximum Gasteiger partial charge on any atom is 0.290 e. The van der Waals surface area contributed by atoms with Crippen molar-refractivity contribution >= 4 is 17.7 Å². The first kappa shape index (κ1) is 20.4. The van der Waals surface area contributed by atoms with Crippen LogP contribution in [0.4, 0.5) is 0 Å². The van der Waals surface area contributed by atoms with Gasteiger partial charge >= 0.3 is 0 Å². The maximum absolute atomic E-state index is 13.2. The number of nitrogens with zero attached hydrogens (tertiary/aromatic N) is 2. The molecule has 0 radical (unpaired) electrons. The van der Waals surface area contributed by atoms with Crippen molar-refractivity contribution in [2.75, 3.05) is 26.2 Å². The van der Waals surface area contributed by atoms with Gasteiger partial charge < -0.3 is 19.5 Å². The van der Waals surface area contributed by atoms with Crippen LogP contribution in [-0.2, 0) is 9.59 Å². The summed E-state index contributed by atoms with van der Waals surface area (Å²) in [5.41, 5.74) is 0. The molecule has 0 aromatic carbocycles. The summed E-state index contributed by atoms with van der Waals surface area (Å²) in [7, 11) is 0. The molecule has 2 fully saturated rings. The molecule has 0 bridgehead atoms. The highest BCUT2D eigenvalue weighted by Gasteiger charge is 2.37. The maximum atomic E-state index is 13.2. The fourth-order valence-electron chi connectivity index (χ4n) is 4.19. The first-order chi connectivity index (χ1) is 13.6. The average Bonchev–Trinajstić information content (AvgIpc) is 3.26. The van der Waals surface area contributed by atoms with Gasteiger partial charge in [-0.1, -0.05) is 6.92 Å². The highest BCUT2D eigenvalue weighted by atomic mass is 16.3. The lowest BCUT2D eigenvalue weighted by Gasteiger charge is -2.40. The molecule has 3 amide bonds. The first-order valence-electron chi connectivity index (χ1n) is 10.5. The summed E-state index contributed by atoms with van der Waals surface area (Å²) in [5, 5.41) is 2.98. The van der Waals surface area contributed by atoms with Gasteiger partial charge in [-0.3, -0.25) is 14.4 Å². The highest BCUT2D eigenvalue weighted by molar-refractivity contribution is 5.95. The summed E-state index contributed by atoms with van der Waals surface area (Å²) in [6.07, 6.45) is 7.35. The normalized spacial score (nSPS) is 22.8. The largest absolute Gasteiger partial charge is 0.459 e. The molecular formula is C21H31N3O4. The van der Waals surface area contributed by atoms with Crippen LogP contribution >= 0.6 is 0 Å². The van der Waals surface area contributed by atoms with Gasteiger partial charge in [0.2, 0.25) is 11.8 Å². The van der Waals surface area contributed by atoms with E-state index < -0.39 is 6.04 Å². The van der Waals surface area contributed by atoms with E-state index in [2.05, 4.69) is 5.32 Å². The Kier molecular flexibility index (Phi) is 7.12. The lowest BCUT2D eigenvalue weighted by Crippen LogP contribution is -2.55. The van der Waals surface area contributed by atoms with Crippen LogP contribution in [0, 0.1) is 5.92 Å². The Bertz CT molecular complexity index is 673. The molecule has 3 rings (SSSR count). The van der Waals surface area contributed by atoms with Gasteiger partial charge in [0, 0.05) is 32.6 Å². The van der Waals surface area contributed by atoms with Crippen molar-refractivity contribution in [1.29, 1.82) is 0 Å². The summed E-state index contributed by atoms with van der Waals surface area (Å²) >= 11 is 0. The number of carbonyl (C=O) groups excluding carboxylic acids is 3. The van der Waals surface area contributed by atoms with Crippen molar-refractivity contribution in [2.45, 2.75) is 57.9 Å². The second kappa shape index (κ2) is 9.75. The molecular weight excluding hydrogens is 358 g/mol. The Morgan fingerprint density at radius 3 is 2.79 bits per heavy atom. The molecule has 2 aliphatic rings. The third-order valence-electron chi connectivity index (χ3n) is 5.68. The van der Waals surface area contributed by atoms with Gasteiger partial charge in [0.15, 0.2) is 5.76 Å². The van der Waals surface area contributed by atoms with Crippen molar-refractivity contribution in [2.24, 2.45) is 5.92 Å². The van der Waals surface area contributed by atoms with Gasteiger partial charge in [-0.05, 0) is 56.6 Å². The Hall–Kier alpha value is -2.31. The number of hydrogen-bond acceptors (Lipinski definition) is 4. The molecule has 3 heterocycles. The van der Waals surface area contributed by atoms with Gasteiger partial charge in [0.05, 0.1) is 6.26 Å². The number of carbonyl (C=O) groups is 3. The Balaban J connectivity index is 1.60. The highest BCUT2D eigenvalue weighted by Crippen LogP contribution is 2.24. The number of hydrogen-bond donors (Lipinski definition) is 1. The second-order valence-electron chi connectivity index (χ2n) is 7.83. The zero-order chi connectivity index (χ0) is 19.9. The van der Waals surface area contributed by atoms with E-state index in [0.717, 1.165) is 38.6 Å². The lowest BCUT2D eigenvalue weighted by molar-refractivity contribution is -0.139. The van der Waals surface area contributed by atoms with Gasteiger partial charge in [0.1, 0.15) is 6.04 Å². The molecule has 1 N–H and O–H groups in total. The van der Waals surface area contributed by atoms with E-state index in [1.807, 2.05) is 11.8 Å². The molecule has 0 saturated carbocycles. The second-order valence-corrected chi connectivity index (χ2v) is 7.83. The molecule has 7 nitrogen and oxygen atoms in total. The Morgan fingerprint density at radius 2 is 2.04 bits per heavy atom. The van der Waals surface area contributed by atoms with E-state index in [1.165, 1.54) is 6.26 Å². The third-order valence-corrected chi connectivity index (χ3v) is 5.68. The Labute approximate surface area is 166 Å². The molecule has 2 saturated heterocycles. The van der Waals surface area contributed by atoms with Crippen molar-refractivity contribution in [3.8, 4) is 0 Å². The quantitative estimate of drug-likeness (QED) is 0.810. The molecule has 7 heteroatoms. The monoisotopic (exact) mass is 389 g/mol. The summed E-state index contributed by atoms with van der Waals surface area (Å²) in [4.78, 5) is 41.3. The molecule has 154 valence electrons. The van der Waals surface area contributed by atoms with Crippen LogP contribution in [0.15, 0.2) is 22.8 Å². The van der Waals surface area contributed by atoms with E-state index in [0.29, 0.717) is 32.5 Å². The number of amides is 3. The van der Waals surface area contributed by atoms with Crippen LogP contribution in [-0.4, -0.2) is 59.7 Å². The number of nitrogens with one attached hydrogen (secondary N) is 1. The average molecular weight is 389 g/mol. The molecule has 1 aromatic rings. The SMILES string of the molecule is CCCC(=O)NCC1CCCN(C(=O)C2CCCCN2C(=O)c2ccco2)C1.